The highest BCUT2D eigenvalue weighted by molar-refractivity contribution is 5.92. The number of hydrogen-bond donors (Lipinski definition) is 1. The van der Waals surface area contributed by atoms with Crippen LogP contribution in [-0.2, 0) is 0 Å². The third kappa shape index (κ3) is 3.29. The summed E-state index contributed by atoms with van der Waals surface area (Å²) in [7, 11) is 0. The van der Waals surface area contributed by atoms with E-state index >= 15 is 0 Å². The largest absolute Gasteiger partial charge is 0.393 e. The second kappa shape index (κ2) is 6.54. The van der Waals surface area contributed by atoms with Gasteiger partial charge in [-0.3, -0.25) is 4.79 Å². The second-order valence-electron chi connectivity index (χ2n) is 6.29. The fourth-order valence-electron chi connectivity index (χ4n) is 3.16. The average Bonchev–Trinajstić information content (AvgIpc) is 2.97. The molecule has 1 atom stereocenters. The van der Waals surface area contributed by atoms with Gasteiger partial charge in [0.25, 0.3) is 5.91 Å². The van der Waals surface area contributed by atoms with E-state index in [0.29, 0.717) is 24.7 Å². The lowest BCUT2D eigenvalue weighted by molar-refractivity contribution is 0.0516. The van der Waals surface area contributed by atoms with Crippen molar-refractivity contribution in [2.75, 3.05) is 13.1 Å². The van der Waals surface area contributed by atoms with Gasteiger partial charge in [0.2, 0.25) is 0 Å². The Hall–Kier alpha value is -2.14. The molecule has 2 heterocycles. The molecule has 0 spiro atoms. The summed E-state index contributed by atoms with van der Waals surface area (Å²) in [6.45, 7) is 5.15. The van der Waals surface area contributed by atoms with Crippen LogP contribution in [0.4, 0.5) is 0 Å². The molecule has 1 aromatic heterocycles. The molecule has 0 saturated carbocycles. The fourth-order valence-corrected chi connectivity index (χ4v) is 3.16. The minimum atomic E-state index is -0.299. The average molecular weight is 313 g/mol. The molecular formula is C18H23N3O2. The van der Waals surface area contributed by atoms with Gasteiger partial charge in [0.05, 0.1) is 11.8 Å². The lowest BCUT2D eigenvalue weighted by atomic mass is 9.92. The van der Waals surface area contributed by atoms with Crippen molar-refractivity contribution in [3.63, 3.8) is 0 Å². The standard InChI is InChI=1S/C18H23N3O2/c1-13-12-17(19-21(13)16-6-4-3-5-7-16)18(23)20-10-8-15(9-11-20)14(2)22/h3-7,12,14-15,22H,8-11H2,1-2H3. The predicted octanol–water partition coefficient (Wildman–Crippen LogP) is 2.41. The van der Waals surface area contributed by atoms with Crippen molar-refractivity contribution in [3.05, 3.63) is 47.8 Å². The first kappa shape index (κ1) is 15.7. The maximum atomic E-state index is 12.7. The topological polar surface area (TPSA) is 58.4 Å². The van der Waals surface area contributed by atoms with E-state index in [1.54, 1.807) is 4.68 Å². The van der Waals surface area contributed by atoms with E-state index in [4.69, 9.17) is 0 Å². The smallest absolute Gasteiger partial charge is 0.274 e. The molecule has 1 unspecified atom stereocenters. The van der Waals surface area contributed by atoms with Gasteiger partial charge in [-0.2, -0.15) is 5.10 Å². The Bertz CT molecular complexity index is 671. The van der Waals surface area contributed by atoms with Crippen LogP contribution in [0.2, 0.25) is 0 Å². The number of aryl methyl sites for hydroxylation is 1. The lowest BCUT2D eigenvalue weighted by Crippen LogP contribution is -2.40. The summed E-state index contributed by atoms with van der Waals surface area (Å²) in [5, 5.41) is 14.2. The quantitative estimate of drug-likeness (QED) is 0.946. The highest BCUT2D eigenvalue weighted by Gasteiger charge is 2.27. The molecule has 1 N–H and O–H groups in total. The molecule has 1 amide bonds. The first-order valence-corrected chi connectivity index (χ1v) is 8.15. The molecule has 5 heteroatoms. The van der Waals surface area contributed by atoms with Crippen molar-refractivity contribution >= 4 is 5.91 Å². The minimum absolute atomic E-state index is 0.0215. The van der Waals surface area contributed by atoms with E-state index in [1.165, 1.54) is 0 Å². The van der Waals surface area contributed by atoms with E-state index in [9.17, 15) is 9.90 Å². The van der Waals surface area contributed by atoms with Crippen LogP contribution >= 0.6 is 0 Å². The van der Waals surface area contributed by atoms with Crippen molar-refractivity contribution in [3.8, 4) is 5.69 Å². The van der Waals surface area contributed by atoms with Crippen LogP contribution in [-0.4, -0.2) is 44.9 Å². The molecule has 1 aromatic carbocycles. The molecule has 0 aliphatic carbocycles. The number of amides is 1. The Morgan fingerprint density at radius 3 is 2.52 bits per heavy atom. The number of aromatic nitrogens is 2. The van der Waals surface area contributed by atoms with Gasteiger partial charge >= 0.3 is 0 Å². The summed E-state index contributed by atoms with van der Waals surface area (Å²) in [5.41, 5.74) is 2.39. The van der Waals surface area contributed by atoms with Gasteiger partial charge in [0.15, 0.2) is 5.69 Å². The highest BCUT2D eigenvalue weighted by atomic mass is 16.3. The van der Waals surface area contributed by atoms with Crippen LogP contribution in [0.15, 0.2) is 36.4 Å². The Morgan fingerprint density at radius 2 is 1.91 bits per heavy atom. The molecule has 1 aliphatic rings. The minimum Gasteiger partial charge on any atom is -0.393 e. The maximum absolute atomic E-state index is 12.7. The van der Waals surface area contributed by atoms with Crippen LogP contribution < -0.4 is 0 Å². The van der Waals surface area contributed by atoms with Crippen LogP contribution in [0, 0.1) is 12.8 Å². The summed E-state index contributed by atoms with van der Waals surface area (Å²) < 4.78 is 1.80. The Morgan fingerprint density at radius 1 is 1.26 bits per heavy atom. The Kier molecular flexibility index (Phi) is 4.48. The number of para-hydroxylation sites is 1. The summed E-state index contributed by atoms with van der Waals surface area (Å²) >= 11 is 0. The summed E-state index contributed by atoms with van der Waals surface area (Å²) in [6, 6.07) is 11.7. The van der Waals surface area contributed by atoms with Gasteiger partial charge in [-0.1, -0.05) is 18.2 Å². The fraction of sp³-hybridized carbons (Fsp3) is 0.444. The van der Waals surface area contributed by atoms with Gasteiger partial charge in [0, 0.05) is 18.8 Å². The number of aliphatic hydroxyl groups is 1. The summed E-state index contributed by atoms with van der Waals surface area (Å²) in [5.74, 6) is 0.273. The number of aliphatic hydroxyl groups excluding tert-OH is 1. The number of likely N-dealkylation sites (tertiary alicyclic amines) is 1. The number of carbonyl (C=O) groups is 1. The molecule has 0 radical (unpaired) electrons. The summed E-state index contributed by atoms with van der Waals surface area (Å²) in [4.78, 5) is 14.5. The SMILES string of the molecule is Cc1cc(C(=O)N2CCC(C(C)O)CC2)nn1-c1ccccc1. The van der Waals surface area contributed by atoms with Crippen LogP contribution in [0.5, 0.6) is 0 Å². The molecule has 0 bridgehead atoms. The number of nitrogens with zero attached hydrogens (tertiary/aromatic N) is 3. The number of piperidine rings is 1. The normalized spacial score (nSPS) is 17.3. The molecule has 5 nitrogen and oxygen atoms in total. The maximum Gasteiger partial charge on any atom is 0.274 e. The number of carbonyl (C=O) groups excluding carboxylic acids is 1. The highest BCUT2D eigenvalue weighted by Crippen LogP contribution is 2.22. The van der Waals surface area contributed by atoms with E-state index in [0.717, 1.165) is 24.2 Å². The van der Waals surface area contributed by atoms with Gasteiger partial charge in [-0.05, 0) is 50.8 Å². The Balaban J connectivity index is 1.74. The molecule has 23 heavy (non-hydrogen) atoms. The monoisotopic (exact) mass is 313 g/mol. The molecule has 2 aromatic rings. The second-order valence-corrected chi connectivity index (χ2v) is 6.29. The lowest BCUT2D eigenvalue weighted by Gasteiger charge is -2.32. The van der Waals surface area contributed by atoms with Crippen LogP contribution in [0.25, 0.3) is 5.69 Å². The molecule has 3 rings (SSSR count). The van der Waals surface area contributed by atoms with Crippen LogP contribution in [0.1, 0.15) is 35.9 Å². The van der Waals surface area contributed by atoms with Crippen LogP contribution in [0.3, 0.4) is 0 Å². The van der Waals surface area contributed by atoms with Gasteiger partial charge in [0.1, 0.15) is 0 Å². The van der Waals surface area contributed by atoms with Crippen molar-refractivity contribution < 1.29 is 9.90 Å². The van der Waals surface area contributed by atoms with Crippen molar-refractivity contribution in [2.24, 2.45) is 5.92 Å². The number of hydrogen-bond acceptors (Lipinski definition) is 3. The third-order valence-electron chi connectivity index (χ3n) is 4.62. The van der Waals surface area contributed by atoms with Gasteiger partial charge in [-0.25, -0.2) is 4.68 Å². The van der Waals surface area contributed by atoms with E-state index < -0.39 is 0 Å². The number of rotatable bonds is 3. The van der Waals surface area contributed by atoms with Crippen molar-refractivity contribution in [2.45, 2.75) is 32.8 Å². The Labute approximate surface area is 136 Å². The van der Waals surface area contributed by atoms with E-state index in [2.05, 4.69) is 5.10 Å². The van der Waals surface area contributed by atoms with E-state index in [-0.39, 0.29) is 12.0 Å². The zero-order valence-electron chi connectivity index (χ0n) is 13.6. The molecular weight excluding hydrogens is 290 g/mol. The van der Waals surface area contributed by atoms with E-state index in [1.807, 2.05) is 55.1 Å². The number of benzene rings is 1. The first-order chi connectivity index (χ1) is 11.1. The zero-order valence-corrected chi connectivity index (χ0v) is 13.6. The van der Waals surface area contributed by atoms with Crippen molar-refractivity contribution in [1.29, 1.82) is 0 Å². The first-order valence-electron chi connectivity index (χ1n) is 8.15. The molecule has 1 aliphatic heterocycles. The van der Waals surface area contributed by atoms with Crippen molar-refractivity contribution in [1.82, 2.24) is 14.7 Å². The molecule has 1 fully saturated rings. The zero-order chi connectivity index (χ0) is 16.4. The molecule has 122 valence electrons. The third-order valence-corrected chi connectivity index (χ3v) is 4.62. The van der Waals surface area contributed by atoms with Gasteiger partial charge < -0.3 is 10.0 Å². The predicted molar refractivity (Wildman–Crippen MR) is 88.6 cm³/mol. The van der Waals surface area contributed by atoms with Gasteiger partial charge in [-0.15, -0.1) is 0 Å². The summed E-state index contributed by atoms with van der Waals surface area (Å²) in [6.07, 6.45) is 1.40. The molecule has 1 saturated heterocycles.